The minimum Gasteiger partial charge on any atom is -0.496 e. The van der Waals surface area contributed by atoms with Crippen molar-refractivity contribution in [1.82, 2.24) is 10.8 Å². The number of rotatable bonds is 10. The van der Waals surface area contributed by atoms with Gasteiger partial charge in [-0.05, 0) is 38.0 Å². The highest BCUT2D eigenvalue weighted by molar-refractivity contribution is 5.86. The largest absolute Gasteiger partial charge is 0.496 e. The first-order valence-electron chi connectivity index (χ1n) is 10.6. The van der Waals surface area contributed by atoms with E-state index >= 15 is 0 Å². The second-order valence-electron chi connectivity index (χ2n) is 8.39. The van der Waals surface area contributed by atoms with Gasteiger partial charge in [0.1, 0.15) is 11.3 Å². The maximum Gasteiger partial charge on any atom is 0.266 e. The number of amides is 1. The summed E-state index contributed by atoms with van der Waals surface area (Å²) in [6, 6.07) is 15.9. The van der Waals surface area contributed by atoms with Crippen LogP contribution in [0.2, 0.25) is 0 Å². The smallest absolute Gasteiger partial charge is 0.266 e. The van der Waals surface area contributed by atoms with E-state index in [1.54, 1.807) is 40.3 Å². The van der Waals surface area contributed by atoms with Gasteiger partial charge < -0.3 is 9.84 Å². The van der Waals surface area contributed by atoms with E-state index in [4.69, 9.17) is 4.74 Å². The summed E-state index contributed by atoms with van der Waals surface area (Å²) in [6.45, 7) is 10.9. The van der Waals surface area contributed by atoms with Gasteiger partial charge in [-0.25, -0.2) is 5.48 Å². The fraction of sp³-hybridized carbons (Fsp3) is 0.346. The molecule has 0 bridgehead atoms. The quantitative estimate of drug-likeness (QED) is 0.254. The number of ether oxygens (including phenoxy) is 1. The van der Waals surface area contributed by atoms with Crippen molar-refractivity contribution in [2.24, 2.45) is 5.92 Å². The van der Waals surface area contributed by atoms with E-state index in [1.165, 1.54) is 0 Å². The van der Waals surface area contributed by atoms with Crippen LogP contribution in [0, 0.1) is 5.92 Å². The summed E-state index contributed by atoms with van der Waals surface area (Å²) in [5.74, 6) is -0.286. The van der Waals surface area contributed by atoms with Gasteiger partial charge in [0.15, 0.2) is 0 Å². The van der Waals surface area contributed by atoms with Crippen molar-refractivity contribution in [3.63, 3.8) is 0 Å². The van der Waals surface area contributed by atoms with Crippen LogP contribution < -0.4 is 15.5 Å². The highest BCUT2D eigenvalue weighted by Gasteiger charge is 2.52. The van der Waals surface area contributed by atoms with E-state index < -0.39 is 17.0 Å². The van der Waals surface area contributed by atoms with Crippen LogP contribution >= 0.6 is 0 Å². The molecular weight excluding hydrogens is 404 g/mol. The first kappa shape index (κ1) is 25.3. The third-order valence-electron chi connectivity index (χ3n) is 6.36. The number of hydrogen-bond donors (Lipinski definition) is 4. The number of nitrogens with one attached hydrogen (secondary N) is 2. The Morgan fingerprint density at radius 2 is 1.81 bits per heavy atom. The summed E-state index contributed by atoms with van der Waals surface area (Å²) in [7, 11) is 1.65. The molecule has 3 atom stereocenters. The number of para-hydroxylation sites is 1. The molecule has 0 heterocycles. The Morgan fingerprint density at radius 3 is 2.38 bits per heavy atom. The molecule has 0 radical (unpaired) electrons. The Morgan fingerprint density at radius 1 is 1.19 bits per heavy atom. The normalized spacial score (nSPS) is 16.1. The van der Waals surface area contributed by atoms with E-state index in [1.807, 2.05) is 60.7 Å². The van der Waals surface area contributed by atoms with Gasteiger partial charge in [-0.2, -0.15) is 0 Å². The number of hydroxylamine groups is 1. The average Bonchev–Trinajstić information content (AvgIpc) is 2.80. The molecule has 2 aromatic carbocycles. The maximum atomic E-state index is 12.4. The van der Waals surface area contributed by atoms with E-state index in [-0.39, 0.29) is 5.92 Å². The van der Waals surface area contributed by atoms with Crippen molar-refractivity contribution in [2.45, 2.75) is 38.8 Å². The van der Waals surface area contributed by atoms with Gasteiger partial charge in [0.2, 0.25) is 0 Å². The van der Waals surface area contributed by atoms with Crippen LogP contribution in [0.3, 0.4) is 0 Å². The molecule has 0 aliphatic carbocycles. The third kappa shape index (κ3) is 5.27. The lowest BCUT2D eigenvalue weighted by Gasteiger charge is -2.45. The first-order valence-corrected chi connectivity index (χ1v) is 10.6. The molecule has 32 heavy (non-hydrogen) atoms. The predicted octanol–water partition coefficient (Wildman–Crippen LogP) is 4.19. The second kappa shape index (κ2) is 10.6. The van der Waals surface area contributed by atoms with Gasteiger partial charge in [0, 0.05) is 18.0 Å². The van der Waals surface area contributed by atoms with Crippen molar-refractivity contribution >= 4 is 12.0 Å². The lowest BCUT2D eigenvalue weighted by molar-refractivity contribution is -0.150. The average molecular weight is 439 g/mol. The summed E-state index contributed by atoms with van der Waals surface area (Å²) in [4.78, 5) is 12.4. The van der Waals surface area contributed by atoms with Crippen LogP contribution in [0.15, 0.2) is 66.8 Å². The summed E-state index contributed by atoms with van der Waals surface area (Å²) >= 11 is 0. The van der Waals surface area contributed by atoms with Gasteiger partial charge in [0.25, 0.3) is 5.91 Å². The fourth-order valence-electron chi connectivity index (χ4n) is 3.63. The summed E-state index contributed by atoms with van der Waals surface area (Å²) < 4.78 is 5.43. The van der Waals surface area contributed by atoms with Crippen molar-refractivity contribution in [3.8, 4) is 16.9 Å². The van der Waals surface area contributed by atoms with Gasteiger partial charge in [-0.15, -0.1) is 0 Å². The number of aliphatic hydroxyl groups is 1. The van der Waals surface area contributed by atoms with Crippen molar-refractivity contribution in [3.05, 3.63) is 72.3 Å². The summed E-state index contributed by atoms with van der Waals surface area (Å²) in [6.07, 6.45) is 3.79. The minimum absolute atomic E-state index is 0.303. The van der Waals surface area contributed by atoms with Gasteiger partial charge in [0.05, 0.1) is 12.7 Å². The van der Waals surface area contributed by atoms with Gasteiger partial charge in [-0.1, -0.05) is 73.7 Å². The molecule has 2 aromatic rings. The predicted molar refractivity (Wildman–Crippen MR) is 128 cm³/mol. The fourth-order valence-corrected chi connectivity index (χ4v) is 3.63. The van der Waals surface area contributed by atoms with Gasteiger partial charge in [-0.3, -0.25) is 15.3 Å². The molecular formula is C26H34N2O4. The van der Waals surface area contributed by atoms with Crippen LogP contribution in [-0.2, 0) is 4.79 Å². The summed E-state index contributed by atoms with van der Waals surface area (Å²) in [5.41, 5.74) is 2.53. The molecule has 0 saturated carbocycles. The molecule has 172 valence electrons. The maximum absolute atomic E-state index is 12.4. The van der Waals surface area contributed by atoms with E-state index in [9.17, 15) is 15.1 Å². The van der Waals surface area contributed by atoms with Crippen LogP contribution in [0.25, 0.3) is 17.2 Å². The highest BCUT2D eigenvalue weighted by Crippen LogP contribution is 2.34. The molecule has 3 unspecified atom stereocenters. The van der Waals surface area contributed by atoms with Crippen molar-refractivity contribution in [1.29, 1.82) is 0 Å². The molecule has 0 aliphatic heterocycles. The molecule has 6 heteroatoms. The first-order chi connectivity index (χ1) is 15.1. The number of carbonyl (C=O) groups is 1. The molecule has 0 aliphatic rings. The molecule has 1 amide bonds. The lowest BCUT2D eigenvalue weighted by atomic mass is 9.71. The Kier molecular flexibility index (Phi) is 8.38. The molecule has 0 spiro atoms. The van der Waals surface area contributed by atoms with E-state index in [0.717, 1.165) is 28.0 Å². The third-order valence-corrected chi connectivity index (χ3v) is 6.36. The van der Waals surface area contributed by atoms with E-state index in [2.05, 4.69) is 11.9 Å². The Hall–Kier alpha value is -2.93. The zero-order valence-electron chi connectivity index (χ0n) is 19.5. The number of benzene rings is 2. The molecule has 0 saturated heterocycles. The monoisotopic (exact) mass is 438 g/mol. The number of hydrogen-bond acceptors (Lipinski definition) is 5. The Balaban J connectivity index is 2.14. The summed E-state index contributed by atoms with van der Waals surface area (Å²) in [5, 5.41) is 23.5. The lowest BCUT2D eigenvalue weighted by Crippen LogP contribution is -2.69. The zero-order chi connectivity index (χ0) is 23.9. The SMILES string of the molecule is C=C(C)C(C)C(C)(O)C(C)(NC/C=C/c1ccc(-c2ccccc2OC)cc1)C(=O)NO. The Labute approximate surface area is 190 Å². The Bertz CT molecular complexity index is 966. The number of methoxy groups -OCH3 is 1. The van der Waals surface area contributed by atoms with E-state index in [0.29, 0.717) is 6.54 Å². The topological polar surface area (TPSA) is 90.8 Å². The standard InChI is InChI=1S/C26H34N2O4/c1-18(2)19(3)26(5,30)25(4,24(29)28-31)27-17-9-10-20-13-15-21(16-14-20)22-11-7-8-12-23(22)32-6/h7-16,19,27,30-31H,1,17H2,2-6H3,(H,28,29)/b10-9+. The van der Waals surface area contributed by atoms with Crippen LogP contribution in [-0.4, -0.2) is 41.0 Å². The molecule has 0 fully saturated rings. The second-order valence-corrected chi connectivity index (χ2v) is 8.39. The molecule has 4 N–H and O–H groups in total. The van der Waals surface area contributed by atoms with Crippen LogP contribution in [0.1, 0.15) is 33.3 Å². The van der Waals surface area contributed by atoms with Crippen molar-refractivity contribution < 1.29 is 19.8 Å². The van der Waals surface area contributed by atoms with Crippen LogP contribution in [0.4, 0.5) is 0 Å². The zero-order valence-corrected chi connectivity index (χ0v) is 19.5. The van der Waals surface area contributed by atoms with Crippen molar-refractivity contribution in [2.75, 3.05) is 13.7 Å². The van der Waals surface area contributed by atoms with Crippen LogP contribution in [0.5, 0.6) is 5.75 Å². The molecule has 6 nitrogen and oxygen atoms in total. The minimum atomic E-state index is -1.49. The molecule has 0 aromatic heterocycles. The number of carbonyl (C=O) groups excluding carboxylic acids is 1. The van der Waals surface area contributed by atoms with Gasteiger partial charge >= 0.3 is 0 Å². The highest BCUT2D eigenvalue weighted by atomic mass is 16.5. The molecule has 2 rings (SSSR count).